The van der Waals surface area contributed by atoms with E-state index in [0.717, 1.165) is 18.2 Å². The molecule has 7 heteroatoms. The highest BCUT2D eigenvalue weighted by molar-refractivity contribution is 5.95. The number of carbonyl (C=O) groups excluding carboxylic acids is 1. The third-order valence-electron chi connectivity index (χ3n) is 2.74. The molecule has 1 heterocycles. The summed E-state index contributed by atoms with van der Waals surface area (Å²) in [4.78, 5) is 23.5. The molecule has 2 rings (SSSR count). The van der Waals surface area contributed by atoms with Crippen LogP contribution in [0.25, 0.3) is 0 Å². The summed E-state index contributed by atoms with van der Waals surface area (Å²) in [6.07, 6.45) is 0. The molecule has 0 atom stereocenters. The third kappa shape index (κ3) is 2.62. The Morgan fingerprint density at radius 1 is 1.33 bits per heavy atom. The van der Waals surface area contributed by atoms with Crippen molar-refractivity contribution in [1.29, 1.82) is 0 Å². The van der Waals surface area contributed by atoms with Gasteiger partial charge in [0.1, 0.15) is 5.82 Å². The average molecular weight is 253 g/mol. The maximum atomic E-state index is 13.2. The van der Waals surface area contributed by atoms with E-state index < -0.39 is 16.4 Å². The van der Waals surface area contributed by atoms with Gasteiger partial charge in [0.25, 0.3) is 11.6 Å². The van der Waals surface area contributed by atoms with Crippen LogP contribution in [0.4, 0.5) is 10.1 Å². The molecule has 18 heavy (non-hydrogen) atoms. The predicted octanol–water partition coefficient (Wildman–Crippen LogP) is 0.779. The van der Waals surface area contributed by atoms with Crippen LogP contribution in [0.3, 0.4) is 0 Å². The SMILES string of the molecule is O=C(c1cc(F)cc([N+](=O)[O-])c1)N1CCNCC1. The summed E-state index contributed by atoms with van der Waals surface area (Å²) in [6.45, 7) is 2.37. The summed E-state index contributed by atoms with van der Waals surface area (Å²) in [5, 5.41) is 13.7. The van der Waals surface area contributed by atoms with Crippen molar-refractivity contribution in [3.05, 3.63) is 39.7 Å². The van der Waals surface area contributed by atoms with E-state index in [1.54, 1.807) is 4.90 Å². The first-order chi connectivity index (χ1) is 8.58. The number of rotatable bonds is 2. The molecule has 6 nitrogen and oxygen atoms in total. The molecule has 0 radical (unpaired) electrons. The highest BCUT2D eigenvalue weighted by atomic mass is 19.1. The van der Waals surface area contributed by atoms with E-state index in [9.17, 15) is 19.3 Å². The van der Waals surface area contributed by atoms with Gasteiger partial charge >= 0.3 is 0 Å². The summed E-state index contributed by atoms with van der Waals surface area (Å²) in [6, 6.07) is 2.93. The maximum Gasteiger partial charge on any atom is 0.273 e. The van der Waals surface area contributed by atoms with E-state index in [0.29, 0.717) is 26.2 Å². The Kier molecular flexibility index (Phi) is 3.52. The largest absolute Gasteiger partial charge is 0.336 e. The summed E-state index contributed by atoms with van der Waals surface area (Å²) in [5.74, 6) is -1.15. The minimum absolute atomic E-state index is 0.0172. The van der Waals surface area contributed by atoms with E-state index in [1.807, 2.05) is 0 Å². The van der Waals surface area contributed by atoms with Gasteiger partial charge in [0.15, 0.2) is 0 Å². The Bertz CT molecular complexity index is 486. The first kappa shape index (κ1) is 12.4. The quantitative estimate of drug-likeness (QED) is 0.624. The summed E-state index contributed by atoms with van der Waals surface area (Å²) in [5.41, 5.74) is -0.392. The lowest BCUT2D eigenvalue weighted by Crippen LogP contribution is -2.46. The molecule has 1 aromatic carbocycles. The van der Waals surface area contributed by atoms with Crippen molar-refractivity contribution in [2.24, 2.45) is 0 Å². The fourth-order valence-corrected chi connectivity index (χ4v) is 1.85. The highest BCUT2D eigenvalue weighted by Crippen LogP contribution is 2.17. The Balaban J connectivity index is 2.26. The molecule has 0 unspecified atom stereocenters. The van der Waals surface area contributed by atoms with Crippen LogP contribution in [0, 0.1) is 15.9 Å². The Labute approximate surface area is 103 Å². The number of halogens is 1. The van der Waals surface area contributed by atoms with E-state index in [-0.39, 0.29) is 11.5 Å². The topological polar surface area (TPSA) is 75.5 Å². The molecule has 1 amide bonds. The number of nitrogens with one attached hydrogen (secondary N) is 1. The van der Waals surface area contributed by atoms with Crippen LogP contribution in [0.1, 0.15) is 10.4 Å². The van der Waals surface area contributed by atoms with E-state index in [1.165, 1.54) is 0 Å². The van der Waals surface area contributed by atoms with Crippen molar-refractivity contribution in [1.82, 2.24) is 10.2 Å². The number of benzene rings is 1. The monoisotopic (exact) mass is 253 g/mol. The molecular formula is C11H12FN3O3. The highest BCUT2D eigenvalue weighted by Gasteiger charge is 2.21. The number of non-ortho nitro benzene ring substituents is 1. The van der Waals surface area contributed by atoms with Gasteiger partial charge in [-0.05, 0) is 6.07 Å². The standard InChI is InChI=1S/C11H12FN3O3/c12-9-5-8(6-10(7-9)15(17)18)11(16)14-3-1-13-2-4-14/h5-7,13H,1-4H2. The summed E-state index contributed by atoms with van der Waals surface area (Å²) >= 11 is 0. The van der Waals surface area contributed by atoms with E-state index in [4.69, 9.17) is 0 Å². The van der Waals surface area contributed by atoms with Gasteiger partial charge in [-0.15, -0.1) is 0 Å². The lowest BCUT2D eigenvalue weighted by Gasteiger charge is -2.27. The minimum Gasteiger partial charge on any atom is -0.336 e. The Morgan fingerprint density at radius 3 is 2.61 bits per heavy atom. The second-order valence-electron chi connectivity index (χ2n) is 4.00. The van der Waals surface area contributed by atoms with Crippen molar-refractivity contribution in [2.45, 2.75) is 0 Å². The normalized spacial score (nSPS) is 15.5. The van der Waals surface area contributed by atoms with Crippen molar-refractivity contribution >= 4 is 11.6 Å². The van der Waals surface area contributed by atoms with Crippen LogP contribution in [0.5, 0.6) is 0 Å². The smallest absolute Gasteiger partial charge is 0.273 e. The van der Waals surface area contributed by atoms with Crippen LogP contribution in [-0.4, -0.2) is 41.9 Å². The predicted molar refractivity (Wildman–Crippen MR) is 61.8 cm³/mol. The second kappa shape index (κ2) is 5.09. The number of nitro benzene ring substituents is 1. The van der Waals surface area contributed by atoms with E-state index in [2.05, 4.69) is 5.32 Å². The zero-order valence-corrected chi connectivity index (χ0v) is 9.56. The lowest BCUT2D eigenvalue weighted by molar-refractivity contribution is -0.385. The molecule has 96 valence electrons. The minimum atomic E-state index is -0.775. The molecular weight excluding hydrogens is 241 g/mol. The molecule has 0 saturated carbocycles. The molecule has 1 aromatic rings. The molecule has 1 fully saturated rings. The van der Waals surface area contributed by atoms with Crippen molar-refractivity contribution in [3.8, 4) is 0 Å². The average Bonchev–Trinajstić information content (AvgIpc) is 2.38. The molecule has 1 aliphatic heterocycles. The van der Waals surface area contributed by atoms with Crippen LogP contribution in [0.15, 0.2) is 18.2 Å². The molecule has 0 spiro atoms. The number of piperazine rings is 1. The van der Waals surface area contributed by atoms with Gasteiger partial charge in [-0.25, -0.2) is 4.39 Å². The fourth-order valence-electron chi connectivity index (χ4n) is 1.85. The number of nitro groups is 1. The lowest BCUT2D eigenvalue weighted by atomic mass is 10.1. The fraction of sp³-hybridized carbons (Fsp3) is 0.364. The molecule has 1 saturated heterocycles. The molecule has 1 N–H and O–H groups in total. The van der Waals surface area contributed by atoms with Crippen LogP contribution < -0.4 is 5.32 Å². The number of hydrogen-bond acceptors (Lipinski definition) is 4. The zero-order valence-electron chi connectivity index (χ0n) is 9.56. The third-order valence-corrected chi connectivity index (χ3v) is 2.74. The molecule has 0 bridgehead atoms. The number of amides is 1. The number of carbonyl (C=O) groups is 1. The molecule has 1 aliphatic rings. The van der Waals surface area contributed by atoms with Gasteiger partial charge in [0.2, 0.25) is 0 Å². The van der Waals surface area contributed by atoms with Crippen molar-refractivity contribution in [2.75, 3.05) is 26.2 Å². The van der Waals surface area contributed by atoms with Gasteiger partial charge in [0.05, 0.1) is 11.0 Å². The number of hydrogen-bond donors (Lipinski definition) is 1. The maximum absolute atomic E-state index is 13.2. The molecule has 0 aliphatic carbocycles. The first-order valence-corrected chi connectivity index (χ1v) is 5.53. The van der Waals surface area contributed by atoms with Crippen LogP contribution in [-0.2, 0) is 0 Å². The molecule has 0 aromatic heterocycles. The summed E-state index contributed by atoms with van der Waals surface area (Å²) in [7, 11) is 0. The van der Waals surface area contributed by atoms with Gasteiger partial charge in [-0.1, -0.05) is 0 Å². The van der Waals surface area contributed by atoms with Gasteiger partial charge in [-0.3, -0.25) is 14.9 Å². The number of nitrogens with zero attached hydrogens (tertiary/aromatic N) is 2. The van der Waals surface area contributed by atoms with E-state index >= 15 is 0 Å². The zero-order chi connectivity index (χ0) is 13.1. The van der Waals surface area contributed by atoms with Crippen molar-refractivity contribution < 1.29 is 14.1 Å². The van der Waals surface area contributed by atoms with Gasteiger partial charge in [0, 0.05) is 37.8 Å². The Morgan fingerprint density at radius 2 is 2.00 bits per heavy atom. The van der Waals surface area contributed by atoms with Gasteiger partial charge < -0.3 is 10.2 Å². The van der Waals surface area contributed by atoms with Crippen molar-refractivity contribution in [3.63, 3.8) is 0 Å². The second-order valence-corrected chi connectivity index (χ2v) is 4.00. The van der Waals surface area contributed by atoms with Crippen LogP contribution >= 0.6 is 0 Å². The summed E-state index contributed by atoms with van der Waals surface area (Å²) < 4.78 is 13.2. The first-order valence-electron chi connectivity index (χ1n) is 5.53. The Hall–Kier alpha value is -2.02. The van der Waals surface area contributed by atoms with Gasteiger partial charge in [-0.2, -0.15) is 0 Å². The van der Waals surface area contributed by atoms with Crippen LogP contribution in [0.2, 0.25) is 0 Å².